The van der Waals surface area contributed by atoms with Crippen LogP contribution in [0.1, 0.15) is 25.3 Å². The van der Waals surface area contributed by atoms with Crippen LogP contribution in [0.4, 0.5) is 5.69 Å². The molecule has 28 heavy (non-hydrogen) atoms. The zero-order valence-corrected chi connectivity index (χ0v) is 17.7. The number of carbonyl (C=O) groups is 1. The molecule has 1 amide bonds. The van der Waals surface area contributed by atoms with E-state index in [0.29, 0.717) is 35.3 Å². The number of hydrogen-bond acceptors (Lipinski definition) is 3. The lowest BCUT2D eigenvalue weighted by molar-refractivity contribution is -0.131. The molecule has 0 bridgehead atoms. The molecule has 1 heterocycles. The lowest BCUT2D eigenvalue weighted by atomic mass is 10.0. The topological polar surface area (TPSA) is 57.7 Å². The maximum atomic E-state index is 13.4. The van der Waals surface area contributed by atoms with E-state index >= 15 is 0 Å². The Hall–Kier alpha value is -2.05. The standard InChI is InChI=1S/C21H25ClN2O3S/c1-16-8-7-13-23(14-16)21(25)15-24(20-12-6-11-19(22)17(20)2)28(26,27)18-9-4-3-5-10-18/h3-6,9-12,16H,7-8,13-15H2,1-2H3/t16-/m0/s1. The quantitative estimate of drug-likeness (QED) is 0.731. The van der Waals surface area contributed by atoms with Crippen LogP contribution in [-0.4, -0.2) is 38.9 Å². The minimum Gasteiger partial charge on any atom is -0.341 e. The fourth-order valence-electron chi connectivity index (χ4n) is 3.52. The number of hydrogen-bond donors (Lipinski definition) is 0. The van der Waals surface area contributed by atoms with Crippen molar-refractivity contribution in [2.45, 2.75) is 31.6 Å². The van der Waals surface area contributed by atoms with Gasteiger partial charge in [0.05, 0.1) is 10.6 Å². The Bertz CT molecular complexity index is 947. The minimum absolute atomic E-state index is 0.147. The molecule has 1 saturated heterocycles. The van der Waals surface area contributed by atoms with Crippen molar-refractivity contribution < 1.29 is 13.2 Å². The van der Waals surface area contributed by atoms with Gasteiger partial charge in [-0.3, -0.25) is 9.10 Å². The SMILES string of the molecule is Cc1c(Cl)cccc1N(CC(=O)N1CCC[C@H](C)C1)S(=O)(=O)c1ccccc1. The van der Waals surface area contributed by atoms with Crippen molar-refractivity contribution in [3.05, 3.63) is 59.1 Å². The van der Waals surface area contributed by atoms with Crippen molar-refractivity contribution >= 4 is 33.2 Å². The second-order valence-corrected chi connectivity index (χ2v) is 9.57. The van der Waals surface area contributed by atoms with Crippen molar-refractivity contribution in [2.75, 3.05) is 23.9 Å². The lowest BCUT2D eigenvalue weighted by Crippen LogP contribution is -2.46. The Labute approximate surface area is 172 Å². The van der Waals surface area contributed by atoms with E-state index in [9.17, 15) is 13.2 Å². The highest BCUT2D eigenvalue weighted by Gasteiger charge is 2.31. The van der Waals surface area contributed by atoms with Crippen LogP contribution in [0.5, 0.6) is 0 Å². The highest BCUT2D eigenvalue weighted by atomic mass is 35.5. The summed E-state index contributed by atoms with van der Waals surface area (Å²) in [5, 5.41) is 0.463. The third kappa shape index (κ3) is 4.33. The second kappa shape index (κ2) is 8.53. The van der Waals surface area contributed by atoms with Gasteiger partial charge in [0.2, 0.25) is 5.91 Å². The smallest absolute Gasteiger partial charge is 0.264 e. The van der Waals surface area contributed by atoms with E-state index in [1.807, 2.05) is 0 Å². The average molecular weight is 421 g/mol. The number of piperidine rings is 1. The van der Waals surface area contributed by atoms with Gasteiger partial charge in [-0.2, -0.15) is 0 Å². The molecular formula is C21H25ClN2O3S. The first kappa shape index (κ1) is 20.7. The number of nitrogens with zero attached hydrogens (tertiary/aromatic N) is 2. The number of halogens is 1. The molecule has 0 aliphatic carbocycles. The van der Waals surface area contributed by atoms with Crippen LogP contribution in [0, 0.1) is 12.8 Å². The summed E-state index contributed by atoms with van der Waals surface area (Å²) < 4.78 is 28.0. The fraction of sp³-hybridized carbons (Fsp3) is 0.381. The summed E-state index contributed by atoms with van der Waals surface area (Å²) in [5.74, 6) is 0.232. The molecule has 0 spiro atoms. The van der Waals surface area contributed by atoms with E-state index < -0.39 is 10.0 Å². The summed E-state index contributed by atoms with van der Waals surface area (Å²) in [7, 11) is -3.91. The predicted molar refractivity (Wildman–Crippen MR) is 112 cm³/mol. The maximum absolute atomic E-state index is 13.4. The molecule has 0 saturated carbocycles. The average Bonchev–Trinajstić information content (AvgIpc) is 2.69. The molecule has 5 nitrogen and oxygen atoms in total. The molecule has 0 aromatic heterocycles. The largest absolute Gasteiger partial charge is 0.341 e. The maximum Gasteiger partial charge on any atom is 0.264 e. The number of sulfonamides is 1. The van der Waals surface area contributed by atoms with Gasteiger partial charge < -0.3 is 4.90 Å². The third-order valence-corrected chi connectivity index (χ3v) is 7.31. The monoisotopic (exact) mass is 420 g/mol. The zero-order chi connectivity index (χ0) is 20.3. The van der Waals surface area contributed by atoms with Gasteiger partial charge in [0.25, 0.3) is 10.0 Å². The molecule has 0 unspecified atom stereocenters. The number of amides is 1. The Morgan fingerprint density at radius 1 is 1.18 bits per heavy atom. The van der Waals surface area contributed by atoms with Gasteiger partial charge in [-0.1, -0.05) is 42.8 Å². The van der Waals surface area contributed by atoms with Crippen molar-refractivity contribution in [1.29, 1.82) is 0 Å². The predicted octanol–water partition coefficient (Wildman–Crippen LogP) is 4.10. The van der Waals surface area contributed by atoms with E-state index in [1.165, 1.54) is 16.4 Å². The van der Waals surface area contributed by atoms with Gasteiger partial charge in [-0.25, -0.2) is 8.42 Å². The lowest BCUT2D eigenvalue weighted by Gasteiger charge is -2.33. The van der Waals surface area contributed by atoms with Gasteiger partial charge in [0, 0.05) is 18.1 Å². The van der Waals surface area contributed by atoms with Crippen LogP contribution in [0.25, 0.3) is 0 Å². The molecule has 2 aromatic carbocycles. The second-order valence-electron chi connectivity index (χ2n) is 7.30. The number of carbonyl (C=O) groups excluding carboxylic acids is 1. The van der Waals surface area contributed by atoms with Gasteiger partial charge in [-0.05, 0) is 55.5 Å². The Balaban J connectivity index is 2.00. The first-order chi connectivity index (χ1) is 13.3. The molecule has 1 aliphatic heterocycles. The normalized spacial score (nSPS) is 17.4. The number of likely N-dealkylation sites (tertiary alicyclic amines) is 1. The first-order valence-electron chi connectivity index (χ1n) is 9.41. The highest BCUT2D eigenvalue weighted by Crippen LogP contribution is 2.31. The fourth-order valence-corrected chi connectivity index (χ4v) is 5.19. The van der Waals surface area contributed by atoms with Crippen molar-refractivity contribution in [3.8, 4) is 0 Å². The molecule has 0 radical (unpaired) electrons. The molecule has 2 aromatic rings. The molecule has 3 rings (SSSR count). The van der Waals surface area contributed by atoms with Gasteiger partial charge >= 0.3 is 0 Å². The molecule has 7 heteroatoms. The summed E-state index contributed by atoms with van der Waals surface area (Å²) in [6.45, 7) is 4.95. The summed E-state index contributed by atoms with van der Waals surface area (Å²) in [4.78, 5) is 14.9. The highest BCUT2D eigenvalue weighted by molar-refractivity contribution is 7.92. The Morgan fingerprint density at radius 3 is 2.57 bits per heavy atom. The first-order valence-corrected chi connectivity index (χ1v) is 11.2. The number of anilines is 1. The van der Waals surface area contributed by atoms with Crippen molar-refractivity contribution in [1.82, 2.24) is 4.90 Å². The van der Waals surface area contributed by atoms with Crippen LogP contribution in [0.2, 0.25) is 5.02 Å². The van der Waals surface area contributed by atoms with Gasteiger partial charge in [0.15, 0.2) is 0 Å². The number of benzene rings is 2. The van der Waals surface area contributed by atoms with E-state index in [0.717, 1.165) is 12.8 Å². The van der Waals surface area contributed by atoms with Crippen LogP contribution < -0.4 is 4.31 Å². The molecule has 150 valence electrons. The Morgan fingerprint density at radius 2 is 1.89 bits per heavy atom. The zero-order valence-electron chi connectivity index (χ0n) is 16.1. The van der Waals surface area contributed by atoms with Crippen LogP contribution >= 0.6 is 11.6 Å². The third-order valence-electron chi connectivity index (χ3n) is 5.13. The van der Waals surface area contributed by atoms with E-state index in [4.69, 9.17) is 11.6 Å². The van der Waals surface area contributed by atoms with Gasteiger partial charge in [0.1, 0.15) is 6.54 Å². The molecular weight excluding hydrogens is 396 g/mol. The van der Waals surface area contributed by atoms with Crippen molar-refractivity contribution in [2.24, 2.45) is 5.92 Å². The van der Waals surface area contributed by atoms with E-state index in [-0.39, 0.29) is 17.3 Å². The molecule has 1 atom stereocenters. The molecule has 1 fully saturated rings. The van der Waals surface area contributed by atoms with Gasteiger partial charge in [-0.15, -0.1) is 0 Å². The van der Waals surface area contributed by atoms with E-state index in [1.54, 1.807) is 48.2 Å². The minimum atomic E-state index is -3.91. The summed E-state index contributed by atoms with van der Waals surface area (Å²) in [6.07, 6.45) is 2.03. The molecule has 0 N–H and O–H groups in total. The number of rotatable bonds is 5. The molecule has 1 aliphatic rings. The van der Waals surface area contributed by atoms with Crippen molar-refractivity contribution in [3.63, 3.8) is 0 Å². The van der Waals surface area contributed by atoms with Crippen LogP contribution in [0.15, 0.2) is 53.4 Å². The summed E-state index contributed by atoms with van der Waals surface area (Å²) in [6, 6.07) is 13.3. The van der Waals surface area contributed by atoms with E-state index in [2.05, 4.69) is 6.92 Å². The van der Waals surface area contributed by atoms with Crippen LogP contribution in [-0.2, 0) is 14.8 Å². The summed E-state index contributed by atoms with van der Waals surface area (Å²) >= 11 is 6.24. The van der Waals surface area contributed by atoms with Crippen LogP contribution in [0.3, 0.4) is 0 Å². The Kier molecular flexibility index (Phi) is 6.30. The summed E-state index contributed by atoms with van der Waals surface area (Å²) in [5.41, 5.74) is 1.05.